The molecule has 2 aromatic rings. The van der Waals surface area contributed by atoms with E-state index in [1.807, 2.05) is 24.3 Å². The molecule has 3 rings (SSSR count). The van der Waals surface area contributed by atoms with Gasteiger partial charge in [0.1, 0.15) is 11.3 Å². The van der Waals surface area contributed by atoms with Crippen molar-refractivity contribution in [3.05, 3.63) is 64.1 Å². The maximum atomic E-state index is 12.9. The first-order valence-corrected chi connectivity index (χ1v) is 11.4. The molecule has 0 spiro atoms. The zero-order valence-corrected chi connectivity index (χ0v) is 18.3. The minimum Gasteiger partial charge on any atom is -0.382 e. The summed E-state index contributed by atoms with van der Waals surface area (Å²) in [6, 6.07) is 14.1. The van der Waals surface area contributed by atoms with Gasteiger partial charge in [0, 0.05) is 10.9 Å². The molecule has 0 saturated carbocycles. The van der Waals surface area contributed by atoms with E-state index in [9.17, 15) is 13.2 Å². The molecule has 1 heterocycles. The van der Waals surface area contributed by atoms with Gasteiger partial charge in [0.2, 0.25) is 0 Å². The molecule has 0 aliphatic carbocycles. The fourth-order valence-corrected chi connectivity index (χ4v) is 4.82. The summed E-state index contributed by atoms with van der Waals surface area (Å²) >= 11 is 8.60. The van der Waals surface area contributed by atoms with Crippen LogP contribution in [-0.4, -0.2) is 25.2 Å². The number of hydrogen-bond acceptors (Lipinski definition) is 5. The largest absolute Gasteiger partial charge is 0.382 e. The Labute approximate surface area is 177 Å². The third kappa shape index (κ3) is 4.53. The van der Waals surface area contributed by atoms with Crippen LogP contribution in [0.2, 0.25) is 0 Å². The van der Waals surface area contributed by atoms with Gasteiger partial charge in [0.15, 0.2) is 5.11 Å². The average Bonchev–Trinajstić information content (AvgIpc) is 2.89. The summed E-state index contributed by atoms with van der Waals surface area (Å²) in [5.41, 5.74) is 0.312. The molecule has 0 aromatic heterocycles. The van der Waals surface area contributed by atoms with Crippen molar-refractivity contribution in [2.45, 2.75) is 25.3 Å². The molecule has 1 atom stereocenters. The molecule has 1 unspecified atom stereocenters. The summed E-state index contributed by atoms with van der Waals surface area (Å²) in [7, 11) is -3.69. The van der Waals surface area contributed by atoms with Crippen LogP contribution in [0.25, 0.3) is 0 Å². The molecule has 0 radical (unpaired) electrons. The van der Waals surface area contributed by atoms with Gasteiger partial charge in [-0.1, -0.05) is 47.1 Å². The summed E-state index contributed by atoms with van der Waals surface area (Å²) in [6.07, 6.45) is 0.774. The molecular formula is C19H19BrN2O4S2. The van der Waals surface area contributed by atoms with Gasteiger partial charge in [-0.2, -0.15) is 8.42 Å². The van der Waals surface area contributed by atoms with Crippen LogP contribution >= 0.6 is 28.1 Å². The Balaban J connectivity index is 2.01. The predicted octanol–water partition coefficient (Wildman–Crippen LogP) is 3.01. The smallest absolute Gasteiger partial charge is 0.309 e. The van der Waals surface area contributed by atoms with E-state index in [0.29, 0.717) is 18.4 Å². The van der Waals surface area contributed by atoms with E-state index < -0.39 is 15.7 Å². The molecule has 6 nitrogen and oxygen atoms in total. The maximum absolute atomic E-state index is 12.9. The highest BCUT2D eigenvalue weighted by molar-refractivity contribution is 9.10. The van der Waals surface area contributed by atoms with Crippen molar-refractivity contribution in [1.82, 2.24) is 10.6 Å². The Kier molecular flexibility index (Phi) is 6.07. The lowest BCUT2D eigenvalue weighted by Crippen LogP contribution is -2.45. The molecule has 2 N–H and O–H groups in total. The number of benzene rings is 2. The number of amides is 1. The van der Waals surface area contributed by atoms with Crippen LogP contribution in [0.15, 0.2) is 53.0 Å². The Hall–Kier alpha value is -1.97. The van der Waals surface area contributed by atoms with Crippen molar-refractivity contribution in [3.8, 4) is 5.75 Å². The van der Waals surface area contributed by atoms with Crippen LogP contribution < -0.4 is 14.8 Å². The van der Waals surface area contributed by atoms with Crippen molar-refractivity contribution in [1.29, 1.82) is 0 Å². The lowest BCUT2D eigenvalue weighted by molar-refractivity contribution is -0.124. The molecule has 2 aromatic carbocycles. The van der Waals surface area contributed by atoms with Gasteiger partial charge in [-0.05, 0) is 54.0 Å². The van der Waals surface area contributed by atoms with Crippen LogP contribution in [0.1, 0.15) is 24.5 Å². The quantitative estimate of drug-likeness (QED) is 0.466. The Bertz CT molecular complexity index is 1030. The molecule has 1 aliphatic heterocycles. The normalized spacial score (nSPS) is 19.2. The van der Waals surface area contributed by atoms with Crippen LogP contribution in [0, 0.1) is 0 Å². The van der Waals surface area contributed by atoms with Gasteiger partial charge in [-0.25, -0.2) is 0 Å². The number of carbonyl (C=O) groups excluding carboxylic acids is 1. The fourth-order valence-electron chi connectivity index (χ4n) is 3.13. The lowest BCUT2D eigenvalue weighted by atomic mass is 9.84. The van der Waals surface area contributed by atoms with E-state index in [-0.39, 0.29) is 22.5 Å². The van der Waals surface area contributed by atoms with Gasteiger partial charge in [-0.15, -0.1) is 0 Å². The van der Waals surface area contributed by atoms with Crippen LogP contribution in [-0.2, 0) is 26.9 Å². The molecule has 28 heavy (non-hydrogen) atoms. The van der Waals surface area contributed by atoms with E-state index in [0.717, 1.165) is 10.0 Å². The van der Waals surface area contributed by atoms with Gasteiger partial charge in [0.25, 0.3) is 5.91 Å². The Morgan fingerprint density at radius 3 is 2.57 bits per heavy atom. The molecular weight excluding hydrogens is 464 g/mol. The Morgan fingerprint density at radius 2 is 1.93 bits per heavy atom. The maximum Gasteiger partial charge on any atom is 0.309 e. The molecule has 1 aliphatic rings. The number of hydrogen-bond donors (Lipinski definition) is 2. The minimum absolute atomic E-state index is 0.0801. The predicted molar refractivity (Wildman–Crippen MR) is 115 cm³/mol. The van der Waals surface area contributed by atoms with E-state index in [2.05, 4.69) is 26.6 Å². The molecule has 0 bridgehead atoms. The van der Waals surface area contributed by atoms with E-state index in [1.54, 1.807) is 31.2 Å². The first-order chi connectivity index (χ1) is 13.2. The molecule has 1 amide bonds. The minimum atomic E-state index is -3.69. The van der Waals surface area contributed by atoms with Gasteiger partial charge in [0.05, 0.1) is 5.75 Å². The second-order valence-electron chi connectivity index (χ2n) is 6.49. The van der Waals surface area contributed by atoms with Crippen molar-refractivity contribution in [3.63, 3.8) is 0 Å². The van der Waals surface area contributed by atoms with Crippen molar-refractivity contribution >= 4 is 49.3 Å². The van der Waals surface area contributed by atoms with Gasteiger partial charge >= 0.3 is 10.1 Å². The van der Waals surface area contributed by atoms with Crippen LogP contribution in [0.4, 0.5) is 0 Å². The third-order valence-corrected chi connectivity index (χ3v) is 6.36. The van der Waals surface area contributed by atoms with Gasteiger partial charge in [-0.3, -0.25) is 4.79 Å². The van der Waals surface area contributed by atoms with Crippen LogP contribution in [0.3, 0.4) is 0 Å². The lowest BCUT2D eigenvalue weighted by Gasteiger charge is -2.27. The summed E-state index contributed by atoms with van der Waals surface area (Å²) in [5.74, 6) is -0.221. The number of thiocarbonyl (C=S) groups is 1. The fraction of sp³-hybridized carbons (Fsp3) is 0.263. The number of carbonyl (C=O) groups is 1. The van der Waals surface area contributed by atoms with Crippen molar-refractivity contribution in [2.24, 2.45) is 0 Å². The number of rotatable bonds is 7. The number of halogens is 1. The number of nitrogens with one attached hydrogen (secondary N) is 2. The second kappa shape index (κ2) is 8.18. The van der Waals surface area contributed by atoms with E-state index >= 15 is 0 Å². The summed E-state index contributed by atoms with van der Waals surface area (Å²) < 4.78 is 30.1. The summed E-state index contributed by atoms with van der Waals surface area (Å²) in [6.45, 7) is 1.76. The molecule has 148 valence electrons. The monoisotopic (exact) mass is 482 g/mol. The van der Waals surface area contributed by atoms with Gasteiger partial charge < -0.3 is 14.8 Å². The van der Waals surface area contributed by atoms with Crippen LogP contribution in [0.5, 0.6) is 5.75 Å². The second-order valence-corrected chi connectivity index (χ2v) is 9.51. The first-order valence-electron chi connectivity index (χ1n) is 8.65. The third-order valence-electron chi connectivity index (χ3n) is 4.30. The van der Waals surface area contributed by atoms with Crippen molar-refractivity contribution in [2.75, 3.05) is 5.75 Å². The Morgan fingerprint density at radius 1 is 1.18 bits per heavy atom. The zero-order valence-electron chi connectivity index (χ0n) is 15.1. The van der Waals surface area contributed by atoms with E-state index in [1.165, 1.54) is 0 Å². The average molecular weight is 483 g/mol. The molecule has 9 heteroatoms. The summed E-state index contributed by atoms with van der Waals surface area (Å²) in [4.78, 5) is 12.9. The van der Waals surface area contributed by atoms with Crippen molar-refractivity contribution < 1.29 is 17.4 Å². The zero-order chi connectivity index (χ0) is 20.4. The highest BCUT2D eigenvalue weighted by Crippen LogP contribution is 2.32. The highest BCUT2D eigenvalue weighted by Gasteiger charge is 2.46. The first kappa shape index (κ1) is 20.8. The highest BCUT2D eigenvalue weighted by atomic mass is 79.9. The standard InChI is InChI=1S/C19H19BrN2O4S2/c1-2-9-28(24,25)26-16-8-4-6-14(11-16)19(17(23)21-18(27)22-19)12-13-5-3-7-15(20)10-13/h3-8,10-11H,2,9,12H2,1H3,(H2,21,22,23,27). The molecule has 1 saturated heterocycles. The topological polar surface area (TPSA) is 84.5 Å². The van der Waals surface area contributed by atoms with E-state index in [4.69, 9.17) is 16.4 Å². The molecule has 1 fully saturated rings. The summed E-state index contributed by atoms with van der Waals surface area (Å²) in [5, 5.41) is 5.93. The SMILES string of the molecule is CCCS(=O)(=O)Oc1cccc(C2(Cc3cccc(Br)c3)NC(=S)NC2=O)c1.